The molecule has 0 fully saturated rings. The van der Waals surface area contributed by atoms with E-state index in [-0.39, 0.29) is 23.7 Å². The van der Waals surface area contributed by atoms with Crippen molar-refractivity contribution in [2.75, 3.05) is 20.3 Å². The zero-order chi connectivity index (χ0) is 25.9. The number of methoxy groups -OCH3 is 1. The van der Waals surface area contributed by atoms with E-state index in [1.165, 1.54) is 19.3 Å². The molecule has 0 radical (unpaired) electrons. The van der Waals surface area contributed by atoms with Crippen LogP contribution in [0.3, 0.4) is 0 Å². The van der Waals surface area contributed by atoms with E-state index in [9.17, 15) is 14.9 Å². The van der Waals surface area contributed by atoms with Gasteiger partial charge in [-0.3, -0.25) is 4.79 Å². The number of rotatable bonds is 10. The van der Waals surface area contributed by atoms with Gasteiger partial charge in [-0.2, -0.15) is 5.26 Å². The Balaban J connectivity index is 1.65. The molecule has 0 heterocycles. The number of ether oxygens (including phenoxy) is 3. The van der Waals surface area contributed by atoms with Crippen molar-refractivity contribution in [3.63, 3.8) is 0 Å². The van der Waals surface area contributed by atoms with Crippen molar-refractivity contribution in [3.05, 3.63) is 82.3 Å². The Hall–Kier alpha value is -4.09. The summed E-state index contributed by atoms with van der Waals surface area (Å²) >= 11 is 3.49. The van der Waals surface area contributed by atoms with Crippen LogP contribution in [0.2, 0.25) is 0 Å². The first-order valence-corrected chi connectivity index (χ1v) is 12.0. The van der Waals surface area contributed by atoms with Gasteiger partial charge >= 0.3 is 5.97 Å². The fourth-order valence-corrected chi connectivity index (χ4v) is 3.72. The quantitative estimate of drug-likeness (QED) is 0.154. The second kappa shape index (κ2) is 13.1. The van der Waals surface area contributed by atoms with Gasteiger partial charge in [-0.1, -0.05) is 49.4 Å². The molecule has 0 aromatic heterocycles. The maximum Gasteiger partial charge on any atom is 0.349 e. The summed E-state index contributed by atoms with van der Waals surface area (Å²) < 4.78 is 17.1. The normalized spacial score (nSPS) is 10.8. The molecule has 0 unspecified atom stereocenters. The molecule has 1 N–H and O–H groups in total. The molecule has 3 aromatic rings. The fraction of sp³-hybridized carbons (Fsp3) is 0.179. The summed E-state index contributed by atoms with van der Waals surface area (Å²) in [4.78, 5) is 24.5. The molecule has 7 nitrogen and oxygen atoms in total. The molecule has 0 aliphatic heterocycles. The van der Waals surface area contributed by atoms with Crippen molar-refractivity contribution in [2.24, 2.45) is 0 Å². The molecule has 0 saturated heterocycles. The Bertz CT molecular complexity index is 1300. The van der Waals surface area contributed by atoms with Crippen LogP contribution >= 0.6 is 15.9 Å². The summed E-state index contributed by atoms with van der Waals surface area (Å²) in [5, 5.41) is 12.0. The number of hydrogen-bond donors (Lipinski definition) is 1. The van der Waals surface area contributed by atoms with Crippen molar-refractivity contribution in [1.29, 1.82) is 5.26 Å². The van der Waals surface area contributed by atoms with Crippen LogP contribution in [0.5, 0.6) is 17.2 Å². The summed E-state index contributed by atoms with van der Waals surface area (Å²) in [7, 11) is 1.43. The highest BCUT2D eigenvalue weighted by Crippen LogP contribution is 2.32. The standard InChI is InChI=1S/C28H25BrN2O5/c1-3-13-31-28(33)22(17-30)14-19-9-11-25(26(15-19)34-2)36-27(32)18-35-24-12-10-21(16-23(24)29)20-7-5-4-6-8-20/h4-12,14-16H,3,13,18H2,1-2H3,(H,31,33)/b22-14+. The maximum atomic E-state index is 12.4. The third kappa shape index (κ3) is 7.20. The Morgan fingerprint density at radius 3 is 2.42 bits per heavy atom. The molecule has 0 saturated carbocycles. The van der Waals surface area contributed by atoms with Gasteiger partial charge in [0.1, 0.15) is 17.4 Å². The Labute approximate surface area is 218 Å². The highest BCUT2D eigenvalue weighted by Gasteiger charge is 2.14. The molecule has 36 heavy (non-hydrogen) atoms. The molecule has 8 heteroatoms. The van der Waals surface area contributed by atoms with Crippen LogP contribution in [0.1, 0.15) is 18.9 Å². The Morgan fingerprint density at radius 1 is 1.00 bits per heavy atom. The lowest BCUT2D eigenvalue weighted by Gasteiger charge is -2.12. The van der Waals surface area contributed by atoms with Crippen molar-refractivity contribution < 1.29 is 23.8 Å². The summed E-state index contributed by atoms with van der Waals surface area (Å²) in [6.07, 6.45) is 2.21. The molecule has 3 aromatic carbocycles. The number of nitrogens with one attached hydrogen (secondary N) is 1. The van der Waals surface area contributed by atoms with Crippen LogP contribution in [-0.4, -0.2) is 32.1 Å². The molecule has 0 aliphatic rings. The van der Waals surface area contributed by atoms with E-state index >= 15 is 0 Å². The molecule has 0 atom stereocenters. The lowest BCUT2D eigenvalue weighted by molar-refractivity contribution is -0.136. The number of halogens is 1. The van der Waals surface area contributed by atoms with Crippen LogP contribution in [0.15, 0.2) is 76.8 Å². The second-order valence-corrected chi connectivity index (χ2v) is 8.46. The minimum atomic E-state index is -0.618. The topological polar surface area (TPSA) is 97.7 Å². The Morgan fingerprint density at radius 2 is 1.75 bits per heavy atom. The van der Waals surface area contributed by atoms with Crippen LogP contribution < -0.4 is 19.5 Å². The van der Waals surface area contributed by atoms with Crippen LogP contribution in [0, 0.1) is 11.3 Å². The summed E-state index contributed by atoms with van der Waals surface area (Å²) in [5.74, 6) is -0.0990. The zero-order valence-electron chi connectivity index (χ0n) is 19.9. The predicted octanol–water partition coefficient (Wildman–Crippen LogP) is 5.54. The maximum absolute atomic E-state index is 12.4. The highest BCUT2D eigenvalue weighted by atomic mass is 79.9. The van der Waals surface area contributed by atoms with E-state index in [0.717, 1.165) is 17.5 Å². The number of hydrogen-bond acceptors (Lipinski definition) is 6. The van der Waals surface area contributed by atoms with Gasteiger partial charge < -0.3 is 19.5 Å². The zero-order valence-corrected chi connectivity index (χ0v) is 21.5. The molecule has 0 spiro atoms. The summed E-state index contributed by atoms with van der Waals surface area (Å²) in [6, 6.07) is 22.1. The number of benzene rings is 3. The van der Waals surface area contributed by atoms with Crippen LogP contribution in [-0.2, 0) is 9.59 Å². The van der Waals surface area contributed by atoms with Gasteiger partial charge in [0, 0.05) is 6.54 Å². The fourth-order valence-electron chi connectivity index (χ4n) is 3.22. The van der Waals surface area contributed by atoms with Crippen molar-refractivity contribution in [1.82, 2.24) is 5.32 Å². The van der Waals surface area contributed by atoms with Gasteiger partial charge in [-0.25, -0.2) is 4.79 Å². The van der Waals surface area contributed by atoms with Crippen LogP contribution in [0.4, 0.5) is 0 Å². The number of amides is 1. The highest BCUT2D eigenvalue weighted by molar-refractivity contribution is 9.10. The first kappa shape index (κ1) is 26.5. The molecular weight excluding hydrogens is 524 g/mol. The third-order valence-corrected chi connectivity index (χ3v) is 5.63. The van der Waals surface area contributed by atoms with Crippen LogP contribution in [0.25, 0.3) is 17.2 Å². The van der Waals surface area contributed by atoms with Gasteiger partial charge in [-0.05, 0) is 69.4 Å². The molecule has 3 rings (SSSR count). The first-order chi connectivity index (χ1) is 17.4. The SMILES string of the molecule is CCCNC(=O)/C(C#N)=C/c1ccc(OC(=O)COc2ccc(-c3ccccc3)cc2Br)c(OC)c1. The predicted molar refractivity (Wildman–Crippen MR) is 141 cm³/mol. The average Bonchev–Trinajstić information content (AvgIpc) is 2.90. The molecular formula is C28H25BrN2O5. The number of esters is 1. The molecule has 0 bridgehead atoms. The smallest absolute Gasteiger partial charge is 0.349 e. The van der Waals surface area contributed by atoms with E-state index in [4.69, 9.17) is 14.2 Å². The Kier molecular flexibility index (Phi) is 9.66. The van der Waals surface area contributed by atoms with Crippen molar-refractivity contribution >= 4 is 33.9 Å². The van der Waals surface area contributed by atoms with E-state index in [2.05, 4.69) is 21.2 Å². The van der Waals surface area contributed by atoms with E-state index in [1.807, 2.05) is 55.5 Å². The lowest BCUT2D eigenvalue weighted by Crippen LogP contribution is -2.25. The van der Waals surface area contributed by atoms with Crippen molar-refractivity contribution in [3.8, 4) is 34.4 Å². The van der Waals surface area contributed by atoms with Gasteiger partial charge in [0.2, 0.25) is 0 Å². The van der Waals surface area contributed by atoms with Crippen molar-refractivity contribution in [2.45, 2.75) is 13.3 Å². The summed E-state index contributed by atoms with van der Waals surface area (Å²) in [5.41, 5.74) is 2.60. The van der Waals surface area contributed by atoms with E-state index in [0.29, 0.717) is 22.3 Å². The minimum Gasteiger partial charge on any atom is -0.493 e. The van der Waals surface area contributed by atoms with Gasteiger partial charge in [-0.15, -0.1) is 0 Å². The summed E-state index contributed by atoms with van der Waals surface area (Å²) in [6.45, 7) is 2.09. The molecule has 184 valence electrons. The van der Waals surface area contributed by atoms with Gasteiger partial charge in [0.15, 0.2) is 18.1 Å². The van der Waals surface area contributed by atoms with Gasteiger partial charge in [0.25, 0.3) is 5.91 Å². The number of carbonyl (C=O) groups is 2. The van der Waals surface area contributed by atoms with E-state index in [1.54, 1.807) is 18.2 Å². The monoisotopic (exact) mass is 548 g/mol. The third-order valence-electron chi connectivity index (χ3n) is 5.01. The van der Waals surface area contributed by atoms with E-state index < -0.39 is 11.9 Å². The first-order valence-electron chi connectivity index (χ1n) is 11.2. The number of carbonyl (C=O) groups excluding carboxylic acids is 2. The minimum absolute atomic E-state index is 0.0347. The lowest BCUT2D eigenvalue weighted by atomic mass is 10.1. The molecule has 0 aliphatic carbocycles. The largest absolute Gasteiger partial charge is 0.493 e. The second-order valence-electron chi connectivity index (χ2n) is 7.61. The number of nitriles is 1. The number of nitrogens with zero attached hydrogens (tertiary/aromatic N) is 1. The molecule has 1 amide bonds. The average molecular weight is 549 g/mol. The van der Waals surface area contributed by atoms with Gasteiger partial charge in [0.05, 0.1) is 11.6 Å².